The van der Waals surface area contributed by atoms with Gasteiger partial charge in [-0.2, -0.15) is 0 Å². The highest BCUT2D eigenvalue weighted by Gasteiger charge is 2.13. The van der Waals surface area contributed by atoms with E-state index in [4.69, 9.17) is 4.74 Å². The average molecular weight is 68.9 g/mol. The fourth-order valence-corrected chi connectivity index (χ4v) is 0.0962. The molecule has 0 saturated carbocycles. The van der Waals surface area contributed by atoms with Crippen LogP contribution in [0.15, 0.2) is 0 Å². The molecule has 0 spiro atoms. The second kappa shape index (κ2) is 1.46. The first-order valence-electron chi connectivity index (χ1n) is 1.51. The summed E-state index contributed by atoms with van der Waals surface area (Å²) in [6, 6.07) is 0. The Balaban J connectivity index is 0.000000160. The van der Waals surface area contributed by atoms with E-state index in [2.05, 4.69) is 6.92 Å². The lowest BCUT2D eigenvalue weighted by Crippen LogP contribution is -1.60. The van der Waals surface area contributed by atoms with Crippen molar-refractivity contribution in [2.24, 2.45) is 0 Å². The number of epoxide rings is 1. The predicted molar refractivity (Wildman–Crippen MR) is 21.2 cm³/mol. The van der Waals surface area contributed by atoms with Crippen molar-refractivity contribution in [1.29, 1.82) is 0 Å². The Morgan fingerprint density at radius 3 is 2.00 bits per heavy atom. The highest BCUT2D eigenvalue weighted by atomic mass is 16.6. The SMILES string of the molecule is CC1CO1.[B]. The fraction of sp³-hybridized carbons (Fsp3) is 1.00. The van der Waals surface area contributed by atoms with Gasteiger partial charge >= 0.3 is 0 Å². The zero-order valence-corrected chi connectivity index (χ0v) is 3.27. The van der Waals surface area contributed by atoms with Crippen LogP contribution in [-0.4, -0.2) is 21.1 Å². The van der Waals surface area contributed by atoms with Crippen molar-refractivity contribution in [2.45, 2.75) is 13.0 Å². The van der Waals surface area contributed by atoms with Crippen LogP contribution in [0.5, 0.6) is 0 Å². The highest BCUT2D eigenvalue weighted by molar-refractivity contribution is 5.75. The van der Waals surface area contributed by atoms with Crippen LogP contribution in [-0.2, 0) is 4.74 Å². The smallest absolute Gasteiger partial charge is 0.0781 e. The van der Waals surface area contributed by atoms with E-state index in [9.17, 15) is 0 Å². The monoisotopic (exact) mass is 69.1 g/mol. The number of rotatable bonds is 0. The summed E-state index contributed by atoms with van der Waals surface area (Å²) in [5.41, 5.74) is 0. The minimum absolute atomic E-state index is 0. The third kappa shape index (κ3) is 1.80. The molecule has 3 radical (unpaired) electrons. The number of ether oxygens (including phenoxy) is 1. The molecule has 1 nitrogen and oxygen atoms in total. The summed E-state index contributed by atoms with van der Waals surface area (Å²) < 4.78 is 4.71. The zero-order valence-electron chi connectivity index (χ0n) is 3.27. The Morgan fingerprint density at radius 1 is 1.80 bits per heavy atom. The highest BCUT2D eigenvalue weighted by Crippen LogP contribution is 2.04. The Hall–Kier alpha value is 0.0249. The maximum atomic E-state index is 4.71. The van der Waals surface area contributed by atoms with Gasteiger partial charge in [-0.25, -0.2) is 0 Å². The van der Waals surface area contributed by atoms with E-state index < -0.39 is 0 Å². The Kier molecular flexibility index (Phi) is 1.47. The van der Waals surface area contributed by atoms with Gasteiger partial charge in [0.15, 0.2) is 0 Å². The second-order valence-electron chi connectivity index (χ2n) is 1.14. The normalized spacial score (nSPS) is 31.8. The second-order valence-corrected chi connectivity index (χ2v) is 1.14. The van der Waals surface area contributed by atoms with Crippen molar-refractivity contribution in [3.8, 4) is 0 Å². The summed E-state index contributed by atoms with van der Waals surface area (Å²) in [6.45, 7) is 3.04. The molecule has 1 aliphatic heterocycles. The van der Waals surface area contributed by atoms with Crippen LogP contribution in [0.1, 0.15) is 6.92 Å². The molecule has 0 bridgehead atoms. The lowest BCUT2D eigenvalue weighted by molar-refractivity contribution is 0.423. The molecule has 1 saturated heterocycles. The van der Waals surface area contributed by atoms with E-state index in [1.165, 1.54) is 0 Å². The van der Waals surface area contributed by atoms with Crippen molar-refractivity contribution in [1.82, 2.24) is 0 Å². The molecule has 1 fully saturated rings. The lowest BCUT2D eigenvalue weighted by atomic mass is 10.6. The third-order valence-electron chi connectivity index (χ3n) is 0.500. The largest absolute Gasteiger partial charge is 0.373 e. The minimum atomic E-state index is 0. The summed E-state index contributed by atoms with van der Waals surface area (Å²) in [6.07, 6.45) is 0.583. The minimum Gasteiger partial charge on any atom is -0.373 e. The summed E-state index contributed by atoms with van der Waals surface area (Å²) in [5.74, 6) is 0. The van der Waals surface area contributed by atoms with Crippen molar-refractivity contribution >= 4 is 8.41 Å². The molecule has 1 atom stereocenters. The Bertz CT molecular complexity index is 26.1. The molecule has 0 N–H and O–H groups in total. The van der Waals surface area contributed by atoms with Crippen LogP contribution < -0.4 is 0 Å². The van der Waals surface area contributed by atoms with E-state index in [1.807, 2.05) is 0 Å². The molecular formula is C3H6BO. The average Bonchev–Trinajstić information content (AvgIpc) is 1.75. The molecule has 0 amide bonds. The van der Waals surface area contributed by atoms with Gasteiger partial charge in [-0.05, 0) is 6.92 Å². The molecule has 1 rings (SSSR count). The van der Waals surface area contributed by atoms with E-state index >= 15 is 0 Å². The van der Waals surface area contributed by atoms with Crippen LogP contribution in [0.2, 0.25) is 0 Å². The zero-order chi connectivity index (χ0) is 2.99. The van der Waals surface area contributed by atoms with Gasteiger partial charge in [0.25, 0.3) is 0 Å². The first-order chi connectivity index (χ1) is 1.89. The van der Waals surface area contributed by atoms with Gasteiger partial charge in [0.05, 0.1) is 12.7 Å². The van der Waals surface area contributed by atoms with E-state index in [0.717, 1.165) is 6.61 Å². The first kappa shape index (κ1) is 5.02. The predicted octanol–water partition coefficient (Wildman–Crippen LogP) is 0.0243. The summed E-state index contributed by atoms with van der Waals surface area (Å²) in [4.78, 5) is 0. The molecule has 1 aliphatic rings. The molecule has 2 heteroatoms. The first-order valence-corrected chi connectivity index (χ1v) is 1.51. The van der Waals surface area contributed by atoms with Crippen LogP contribution in [0.3, 0.4) is 0 Å². The van der Waals surface area contributed by atoms with Crippen LogP contribution in [0.25, 0.3) is 0 Å². The summed E-state index contributed by atoms with van der Waals surface area (Å²) in [7, 11) is 0. The molecule has 0 aromatic heterocycles. The van der Waals surface area contributed by atoms with E-state index in [1.54, 1.807) is 0 Å². The Morgan fingerprint density at radius 2 is 2.00 bits per heavy atom. The molecule has 5 heavy (non-hydrogen) atoms. The molecule has 1 unspecified atom stereocenters. The van der Waals surface area contributed by atoms with Gasteiger partial charge in [0, 0.05) is 8.41 Å². The van der Waals surface area contributed by atoms with E-state index in [-0.39, 0.29) is 8.41 Å². The van der Waals surface area contributed by atoms with Crippen molar-refractivity contribution in [3.05, 3.63) is 0 Å². The van der Waals surface area contributed by atoms with E-state index in [0.29, 0.717) is 6.10 Å². The summed E-state index contributed by atoms with van der Waals surface area (Å²) >= 11 is 0. The maximum absolute atomic E-state index is 4.71. The Labute approximate surface area is 33.9 Å². The van der Waals surface area contributed by atoms with Crippen LogP contribution >= 0.6 is 0 Å². The topological polar surface area (TPSA) is 12.5 Å². The number of hydrogen-bond donors (Lipinski definition) is 0. The molecule has 1 heterocycles. The molecular weight excluding hydrogens is 62.8 g/mol. The van der Waals surface area contributed by atoms with Gasteiger partial charge in [-0.3, -0.25) is 0 Å². The van der Waals surface area contributed by atoms with Crippen molar-refractivity contribution in [3.63, 3.8) is 0 Å². The molecule has 0 aromatic rings. The fourth-order valence-electron chi connectivity index (χ4n) is 0.0962. The van der Waals surface area contributed by atoms with Gasteiger partial charge in [0.1, 0.15) is 0 Å². The maximum Gasteiger partial charge on any atom is 0.0781 e. The lowest BCUT2D eigenvalue weighted by Gasteiger charge is -1.50. The number of hydrogen-bond acceptors (Lipinski definition) is 1. The third-order valence-corrected chi connectivity index (χ3v) is 0.500. The molecule has 0 aliphatic carbocycles. The van der Waals surface area contributed by atoms with Crippen LogP contribution in [0.4, 0.5) is 0 Å². The molecule has 0 aromatic carbocycles. The van der Waals surface area contributed by atoms with Crippen molar-refractivity contribution in [2.75, 3.05) is 6.61 Å². The van der Waals surface area contributed by atoms with Gasteiger partial charge in [-0.15, -0.1) is 0 Å². The quantitative estimate of drug-likeness (QED) is 0.288. The van der Waals surface area contributed by atoms with Gasteiger partial charge < -0.3 is 4.74 Å². The van der Waals surface area contributed by atoms with Crippen LogP contribution in [0, 0.1) is 0 Å². The summed E-state index contributed by atoms with van der Waals surface area (Å²) in [5, 5.41) is 0. The standard InChI is InChI=1S/C3H6O.B/c1-3-2-4-3;/h3H,2H2,1H3;. The van der Waals surface area contributed by atoms with Gasteiger partial charge in [0.2, 0.25) is 0 Å². The van der Waals surface area contributed by atoms with Gasteiger partial charge in [-0.1, -0.05) is 0 Å². The van der Waals surface area contributed by atoms with Crippen molar-refractivity contribution < 1.29 is 4.74 Å². The molecule has 27 valence electrons.